The standard InChI is InChI=1S/C23H21F3N4O3/c1-2-33-22(32)15-10-6-7-11-17(15)29-21(31)16-13-27-30-19(23(24,25)26)12-18(28-20(16)30)14-8-4-3-5-9-14/h3-11,13,18-19,28H,2,12H2,1H3,(H,29,31)/t18-,19+/m0/s1. The Balaban J connectivity index is 1.67. The minimum Gasteiger partial charge on any atom is -0.462 e. The van der Waals surface area contributed by atoms with Crippen LogP contribution in [0.1, 0.15) is 51.7 Å². The summed E-state index contributed by atoms with van der Waals surface area (Å²) in [5.74, 6) is -1.36. The summed E-state index contributed by atoms with van der Waals surface area (Å²) in [6.07, 6.45) is -3.73. The fourth-order valence-electron chi connectivity index (χ4n) is 3.80. The lowest BCUT2D eigenvalue weighted by atomic mass is 9.96. The molecule has 1 aliphatic rings. The largest absolute Gasteiger partial charge is 0.462 e. The minimum atomic E-state index is -4.56. The number of hydrogen-bond donors (Lipinski definition) is 2. The number of hydrogen-bond acceptors (Lipinski definition) is 5. The average Bonchev–Trinajstić information content (AvgIpc) is 3.23. The van der Waals surface area contributed by atoms with E-state index in [4.69, 9.17) is 4.74 Å². The van der Waals surface area contributed by atoms with Crippen molar-refractivity contribution in [1.29, 1.82) is 0 Å². The summed E-state index contributed by atoms with van der Waals surface area (Å²) in [5.41, 5.74) is 0.919. The predicted octanol–water partition coefficient (Wildman–Crippen LogP) is 4.97. The van der Waals surface area contributed by atoms with Gasteiger partial charge in [-0.05, 0) is 24.6 Å². The van der Waals surface area contributed by atoms with Crippen LogP contribution >= 0.6 is 0 Å². The molecule has 0 saturated heterocycles. The molecule has 1 aliphatic heterocycles. The molecule has 2 aromatic carbocycles. The molecule has 3 aromatic rings. The molecule has 1 amide bonds. The number of esters is 1. The second kappa shape index (κ2) is 8.97. The highest BCUT2D eigenvalue weighted by Gasteiger charge is 2.47. The van der Waals surface area contributed by atoms with E-state index < -0.39 is 30.1 Å². The van der Waals surface area contributed by atoms with Gasteiger partial charge in [0.15, 0.2) is 6.04 Å². The Morgan fingerprint density at radius 3 is 2.52 bits per heavy atom. The Morgan fingerprint density at radius 2 is 1.82 bits per heavy atom. The van der Waals surface area contributed by atoms with Crippen molar-refractivity contribution in [2.24, 2.45) is 0 Å². The maximum atomic E-state index is 13.8. The number of ether oxygens (including phenoxy) is 1. The van der Waals surface area contributed by atoms with E-state index in [1.807, 2.05) is 0 Å². The summed E-state index contributed by atoms with van der Waals surface area (Å²) >= 11 is 0. The number of aromatic nitrogens is 2. The number of nitrogens with one attached hydrogen (secondary N) is 2. The van der Waals surface area contributed by atoms with Gasteiger partial charge in [0, 0.05) is 6.42 Å². The SMILES string of the molecule is CCOC(=O)c1ccccc1NC(=O)c1cnn2c1N[C@H](c1ccccc1)C[C@@H]2C(F)(F)F. The van der Waals surface area contributed by atoms with E-state index >= 15 is 0 Å². The molecule has 4 rings (SSSR count). The summed E-state index contributed by atoms with van der Waals surface area (Å²) < 4.78 is 47.3. The van der Waals surface area contributed by atoms with Crippen LogP contribution in [0.25, 0.3) is 0 Å². The van der Waals surface area contributed by atoms with E-state index in [2.05, 4.69) is 15.7 Å². The van der Waals surface area contributed by atoms with Gasteiger partial charge >= 0.3 is 12.1 Å². The maximum Gasteiger partial charge on any atom is 0.410 e. The van der Waals surface area contributed by atoms with Gasteiger partial charge in [-0.2, -0.15) is 18.3 Å². The van der Waals surface area contributed by atoms with Crippen molar-refractivity contribution in [2.75, 3.05) is 17.2 Å². The van der Waals surface area contributed by atoms with E-state index in [0.29, 0.717) is 5.56 Å². The molecule has 0 spiro atoms. The highest BCUT2D eigenvalue weighted by molar-refractivity contribution is 6.10. The first-order chi connectivity index (χ1) is 15.8. The summed E-state index contributed by atoms with van der Waals surface area (Å²) in [5, 5.41) is 9.50. The third kappa shape index (κ3) is 4.55. The van der Waals surface area contributed by atoms with Crippen molar-refractivity contribution in [3.05, 3.63) is 77.5 Å². The number of fused-ring (bicyclic) bond motifs is 1. The van der Waals surface area contributed by atoms with Crippen molar-refractivity contribution in [1.82, 2.24) is 9.78 Å². The molecule has 0 saturated carbocycles. The van der Waals surface area contributed by atoms with Gasteiger partial charge < -0.3 is 15.4 Å². The smallest absolute Gasteiger partial charge is 0.410 e. The molecule has 2 heterocycles. The first-order valence-electron chi connectivity index (χ1n) is 10.3. The molecule has 2 atom stereocenters. The van der Waals surface area contributed by atoms with Gasteiger partial charge in [0.25, 0.3) is 5.91 Å². The van der Waals surface area contributed by atoms with Crippen molar-refractivity contribution >= 4 is 23.4 Å². The highest BCUT2D eigenvalue weighted by atomic mass is 19.4. The molecular weight excluding hydrogens is 437 g/mol. The fraction of sp³-hybridized carbons (Fsp3) is 0.261. The molecule has 172 valence electrons. The molecule has 2 N–H and O–H groups in total. The monoisotopic (exact) mass is 458 g/mol. The van der Waals surface area contributed by atoms with Crippen LogP contribution in [0, 0.1) is 0 Å². The summed E-state index contributed by atoms with van der Waals surface area (Å²) in [7, 11) is 0. The first-order valence-corrected chi connectivity index (χ1v) is 10.3. The quantitative estimate of drug-likeness (QED) is 0.527. The van der Waals surface area contributed by atoms with Crippen LogP contribution < -0.4 is 10.6 Å². The van der Waals surface area contributed by atoms with Gasteiger partial charge in [0.1, 0.15) is 11.4 Å². The number of benzene rings is 2. The number of anilines is 2. The van der Waals surface area contributed by atoms with Crippen LogP contribution in [-0.2, 0) is 4.74 Å². The van der Waals surface area contributed by atoms with Crippen LogP contribution in [0.4, 0.5) is 24.7 Å². The van der Waals surface area contributed by atoms with Gasteiger partial charge in [0.05, 0.1) is 30.1 Å². The molecular formula is C23H21F3N4O3. The van der Waals surface area contributed by atoms with Crippen molar-refractivity contribution in [2.45, 2.75) is 31.6 Å². The molecule has 0 aliphatic carbocycles. The Morgan fingerprint density at radius 1 is 1.12 bits per heavy atom. The zero-order valence-corrected chi connectivity index (χ0v) is 17.6. The molecule has 0 fully saturated rings. The number of nitrogens with zero attached hydrogens (tertiary/aromatic N) is 2. The van der Waals surface area contributed by atoms with Crippen LogP contribution in [0.2, 0.25) is 0 Å². The highest BCUT2D eigenvalue weighted by Crippen LogP contribution is 2.44. The Labute approximate surface area is 187 Å². The fourth-order valence-corrected chi connectivity index (χ4v) is 3.80. The number of carbonyl (C=O) groups excluding carboxylic acids is 2. The Kier molecular flexibility index (Phi) is 6.08. The van der Waals surface area contributed by atoms with Gasteiger partial charge in [-0.1, -0.05) is 42.5 Å². The molecule has 7 nitrogen and oxygen atoms in total. The Hall–Kier alpha value is -3.82. The van der Waals surface area contributed by atoms with Crippen LogP contribution in [-0.4, -0.2) is 34.4 Å². The second-order valence-corrected chi connectivity index (χ2v) is 7.47. The number of halogens is 3. The topological polar surface area (TPSA) is 85.2 Å². The van der Waals surface area contributed by atoms with E-state index in [-0.39, 0.29) is 35.7 Å². The summed E-state index contributed by atoms with van der Waals surface area (Å²) in [6, 6.07) is 12.4. The van der Waals surface area contributed by atoms with Gasteiger partial charge in [0.2, 0.25) is 0 Å². The van der Waals surface area contributed by atoms with Gasteiger partial charge in [-0.25, -0.2) is 9.48 Å². The number of carbonyl (C=O) groups is 2. The molecule has 0 radical (unpaired) electrons. The van der Waals surface area contributed by atoms with E-state index in [9.17, 15) is 22.8 Å². The van der Waals surface area contributed by atoms with Crippen molar-refractivity contribution < 1.29 is 27.5 Å². The van der Waals surface area contributed by atoms with Gasteiger partial charge in [-0.3, -0.25) is 4.79 Å². The zero-order chi connectivity index (χ0) is 23.6. The molecule has 1 aromatic heterocycles. The zero-order valence-electron chi connectivity index (χ0n) is 17.6. The molecule has 10 heteroatoms. The van der Waals surface area contributed by atoms with Crippen LogP contribution in [0.5, 0.6) is 0 Å². The maximum absolute atomic E-state index is 13.8. The van der Waals surface area contributed by atoms with E-state index in [1.54, 1.807) is 49.4 Å². The number of rotatable bonds is 5. The Bertz CT molecular complexity index is 1160. The third-order valence-electron chi connectivity index (χ3n) is 5.36. The second-order valence-electron chi connectivity index (χ2n) is 7.47. The molecule has 33 heavy (non-hydrogen) atoms. The minimum absolute atomic E-state index is 0.0384. The number of amides is 1. The number of para-hydroxylation sites is 1. The third-order valence-corrected chi connectivity index (χ3v) is 5.36. The average molecular weight is 458 g/mol. The summed E-state index contributed by atoms with van der Waals surface area (Å²) in [6.45, 7) is 1.81. The molecule has 0 unspecified atom stereocenters. The van der Waals surface area contributed by atoms with E-state index in [1.165, 1.54) is 12.1 Å². The number of alkyl halides is 3. The first kappa shape index (κ1) is 22.4. The van der Waals surface area contributed by atoms with Crippen LogP contribution in [0.15, 0.2) is 60.8 Å². The van der Waals surface area contributed by atoms with Gasteiger partial charge in [-0.15, -0.1) is 0 Å². The molecule has 0 bridgehead atoms. The van der Waals surface area contributed by atoms with Crippen molar-refractivity contribution in [3.8, 4) is 0 Å². The lowest BCUT2D eigenvalue weighted by Crippen LogP contribution is -2.36. The lowest BCUT2D eigenvalue weighted by molar-refractivity contribution is -0.173. The van der Waals surface area contributed by atoms with Crippen LogP contribution in [0.3, 0.4) is 0 Å². The van der Waals surface area contributed by atoms with E-state index in [0.717, 1.165) is 10.9 Å². The normalized spacial score (nSPS) is 17.6. The van der Waals surface area contributed by atoms with Crippen molar-refractivity contribution in [3.63, 3.8) is 0 Å². The predicted molar refractivity (Wildman–Crippen MR) is 115 cm³/mol. The lowest BCUT2D eigenvalue weighted by Gasteiger charge is -2.34. The summed E-state index contributed by atoms with van der Waals surface area (Å²) in [4.78, 5) is 25.2.